The Morgan fingerprint density at radius 2 is 1.72 bits per heavy atom. The summed E-state index contributed by atoms with van der Waals surface area (Å²) in [6, 6.07) is 12.2. The second-order valence-electron chi connectivity index (χ2n) is 3.95. The number of benzene rings is 2. The maximum atomic E-state index is 12.9. The lowest BCUT2D eigenvalue weighted by Gasteiger charge is -2.17. The van der Waals surface area contributed by atoms with Crippen molar-refractivity contribution in [2.45, 2.75) is 6.04 Å². The van der Waals surface area contributed by atoms with E-state index in [1.54, 1.807) is 12.1 Å². The molecular weight excluding hydrogens is 317 g/mol. The normalized spacial score (nSPS) is 12.4. The van der Waals surface area contributed by atoms with Crippen molar-refractivity contribution < 1.29 is 4.39 Å². The highest BCUT2D eigenvalue weighted by molar-refractivity contribution is 9.10. The molecule has 1 nitrogen and oxygen atoms in total. The summed E-state index contributed by atoms with van der Waals surface area (Å²) in [4.78, 5) is 0. The van der Waals surface area contributed by atoms with Crippen LogP contribution in [-0.4, -0.2) is 7.05 Å². The molecule has 0 amide bonds. The zero-order valence-corrected chi connectivity index (χ0v) is 12.1. The second kappa shape index (κ2) is 5.83. The molecule has 1 atom stereocenters. The molecule has 2 aromatic carbocycles. The van der Waals surface area contributed by atoms with Gasteiger partial charge in [-0.05, 0) is 58.4 Å². The summed E-state index contributed by atoms with van der Waals surface area (Å²) in [6.45, 7) is 0. The minimum absolute atomic E-state index is 0.00352. The lowest BCUT2D eigenvalue weighted by Crippen LogP contribution is -2.17. The summed E-state index contributed by atoms with van der Waals surface area (Å²) < 4.78 is 13.8. The zero-order chi connectivity index (χ0) is 13.1. The summed E-state index contributed by atoms with van der Waals surface area (Å²) >= 11 is 9.46. The molecule has 0 bridgehead atoms. The van der Waals surface area contributed by atoms with Crippen molar-refractivity contribution >= 4 is 27.5 Å². The number of rotatable bonds is 3. The lowest BCUT2D eigenvalue weighted by atomic mass is 9.99. The highest BCUT2D eigenvalue weighted by atomic mass is 79.9. The topological polar surface area (TPSA) is 12.0 Å². The molecule has 0 aliphatic carbocycles. The molecule has 2 rings (SSSR count). The minimum atomic E-state index is -0.234. The molecule has 1 N–H and O–H groups in total. The van der Waals surface area contributed by atoms with Crippen LogP contribution in [0.2, 0.25) is 5.02 Å². The van der Waals surface area contributed by atoms with Crippen LogP contribution in [0.1, 0.15) is 17.2 Å². The van der Waals surface area contributed by atoms with Crippen LogP contribution in [0.4, 0.5) is 4.39 Å². The molecule has 0 aliphatic rings. The van der Waals surface area contributed by atoms with Crippen LogP contribution in [0.15, 0.2) is 46.9 Å². The Hall–Kier alpha value is -0.900. The molecule has 0 spiro atoms. The molecule has 0 fully saturated rings. The molecule has 4 heteroatoms. The molecule has 18 heavy (non-hydrogen) atoms. The Morgan fingerprint density at radius 3 is 2.28 bits per heavy atom. The Kier molecular flexibility index (Phi) is 4.38. The molecule has 0 saturated heterocycles. The van der Waals surface area contributed by atoms with E-state index in [4.69, 9.17) is 11.6 Å². The van der Waals surface area contributed by atoms with Crippen molar-refractivity contribution in [1.29, 1.82) is 0 Å². The van der Waals surface area contributed by atoms with Gasteiger partial charge in [-0.25, -0.2) is 4.39 Å². The van der Waals surface area contributed by atoms with Crippen molar-refractivity contribution in [1.82, 2.24) is 5.32 Å². The summed E-state index contributed by atoms with van der Waals surface area (Å²) in [6.07, 6.45) is 0. The van der Waals surface area contributed by atoms with Crippen molar-refractivity contribution in [2.75, 3.05) is 7.05 Å². The highest BCUT2D eigenvalue weighted by Crippen LogP contribution is 2.29. The predicted octanol–water partition coefficient (Wildman–Crippen LogP) is 4.55. The van der Waals surface area contributed by atoms with Gasteiger partial charge in [-0.1, -0.05) is 29.8 Å². The lowest BCUT2D eigenvalue weighted by molar-refractivity contribution is 0.623. The first-order chi connectivity index (χ1) is 8.61. The van der Waals surface area contributed by atoms with Crippen LogP contribution in [0.5, 0.6) is 0 Å². The average molecular weight is 329 g/mol. The number of nitrogens with one attached hydrogen (secondary N) is 1. The predicted molar refractivity (Wildman–Crippen MR) is 76.5 cm³/mol. The maximum absolute atomic E-state index is 12.9. The van der Waals surface area contributed by atoms with Gasteiger partial charge in [-0.3, -0.25) is 0 Å². The largest absolute Gasteiger partial charge is 0.309 e. The van der Waals surface area contributed by atoms with Crippen LogP contribution >= 0.6 is 27.5 Å². The van der Waals surface area contributed by atoms with Gasteiger partial charge in [0.25, 0.3) is 0 Å². The minimum Gasteiger partial charge on any atom is -0.309 e. The summed E-state index contributed by atoms with van der Waals surface area (Å²) in [7, 11) is 1.87. The number of halogens is 3. The van der Waals surface area contributed by atoms with Crippen LogP contribution in [0.25, 0.3) is 0 Å². The van der Waals surface area contributed by atoms with E-state index in [0.717, 1.165) is 15.6 Å². The molecule has 0 radical (unpaired) electrons. The van der Waals surface area contributed by atoms with Crippen LogP contribution in [-0.2, 0) is 0 Å². The molecule has 0 heterocycles. The Labute approximate surface area is 119 Å². The standard InChI is InChI=1S/C14H12BrClFN/c1-18-14(9-2-5-11(17)6-3-9)10-4-7-12(15)13(16)8-10/h2-8,14,18H,1H3. The molecule has 0 aromatic heterocycles. The van der Waals surface area contributed by atoms with Gasteiger partial charge in [0.2, 0.25) is 0 Å². The molecule has 0 aliphatic heterocycles. The average Bonchev–Trinajstić information content (AvgIpc) is 2.37. The third kappa shape index (κ3) is 2.91. The smallest absolute Gasteiger partial charge is 0.123 e. The zero-order valence-electron chi connectivity index (χ0n) is 9.75. The van der Waals surface area contributed by atoms with Crippen molar-refractivity contribution in [3.05, 3.63) is 68.9 Å². The van der Waals surface area contributed by atoms with E-state index in [1.807, 2.05) is 25.2 Å². The Balaban J connectivity index is 2.38. The Morgan fingerprint density at radius 1 is 1.11 bits per heavy atom. The molecule has 1 unspecified atom stereocenters. The van der Waals surface area contributed by atoms with E-state index in [-0.39, 0.29) is 11.9 Å². The first kappa shape index (κ1) is 13.5. The van der Waals surface area contributed by atoms with Gasteiger partial charge in [0.05, 0.1) is 11.1 Å². The van der Waals surface area contributed by atoms with Gasteiger partial charge in [-0.15, -0.1) is 0 Å². The summed E-state index contributed by atoms with van der Waals surface area (Å²) in [5, 5.41) is 3.87. The quantitative estimate of drug-likeness (QED) is 0.871. The van der Waals surface area contributed by atoms with Crippen molar-refractivity contribution in [3.8, 4) is 0 Å². The van der Waals surface area contributed by atoms with E-state index in [0.29, 0.717) is 5.02 Å². The maximum Gasteiger partial charge on any atom is 0.123 e. The van der Waals surface area contributed by atoms with E-state index in [2.05, 4.69) is 21.2 Å². The summed E-state index contributed by atoms with van der Waals surface area (Å²) in [5.41, 5.74) is 2.04. The van der Waals surface area contributed by atoms with Gasteiger partial charge >= 0.3 is 0 Å². The third-order valence-electron chi connectivity index (χ3n) is 2.77. The van der Waals surface area contributed by atoms with Gasteiger partial charge in [0.1, 0.15) is 5.82 Å². The second-order valence-corrected chi connectivity index (χ2v) is 5.21. The summed E-state index contributed by atoms with van der Waals surface area (Å²) in [5.74, 6) is -0.234. The number of hydrogen-bond donors (Lipinski definition) is 1. The molecule has 2 aromatic rings. The first-order valence-corrected chi connectivity index (χ1v) is 6.66. The van der Waals surface area contributed by atoms with E-state index in [1.165, 1.54) is 12.1 Å². The molecule has 0 saturated carbocycles. The van der Waals surface area contributed by atoms with Gasteiger partial charge in [0, 0.05) is 4.47 Å². The molecular formula is C14H12BrClFN. The van der Waals surface area contributed by atoms with Crippen molar-refractivity contribution in [3.63, 3.8) is 0 Å². The fourth-order valence-corrected chi connectivity index (χ4v) is 2.31. The first-order valence-electron chi connectivity index (χ1n) is 5.49. The van der Waals surface area contributed by atoms with Gasteiger partial charge in [0.15, 0.2) is 0 Å². The Bertz CT molecular complexity index is 542. The SMILES string of the molecule is CNC(c1ccc(F)cc1)c1ccc(Br)c(Cl)c1. The van der Waals surface area contributed by atoms with Gasteiger partial charge in [-0.2, -0.15) is 0 Å². The number of hydrogen-bond acceptors (Lipinski definition) is 1. The fourth-order valence-electron chi connectivity index (χ4n) is 1.87. The van der Waals surface area contributed by atoms with E-state index in [9.17, 15) is 4.39 Å². The van der Waals surface area contributed by atoms with Crippen LogP contribution < -0.4 is 5.32 Å². The fraction of sp³-hybridized carbons (Fsp3) is 0.143. The van der Waals surface area contributed by atoms with E-state index >= 15 is 0 Å². The van der Waals surface area contributed by atoms with Crippen LogP contribution in [0.3, 0.4) is 0 Å². The third-order valence-corrected chi connectivity index (χ3v) is 4.00. The van der Waals surface area contributed by atoms with Crippen molar-refractivity contribution in [2.24, 2.45) is 0 Å². The van der Waals surface area contributed by atoms with E-state index < -0.39 is 0 Å². The monoisotopic (exact) mass is 327 g/mol. The van der Waals surface area contributed by atoms with Gasteiger partial charge < -0.3 is 5.32 Å². The molecule has 94 valence electrons. The van der Waals surface area contributed by atoms with Crippen LogP contribution in [0, 0.1) is 5.82 Å². The highest BCUT2D eigenvalue weighted by Gasteiger charge is 2.13.